The molecule has 1 aliphatic rings. The second-order valence-corrected chi connectivity index (χ2v) is 7.09. The predicted octanol–water partition coefficient (Wildman–Crippen LogP) is 4.86. The van der Waals surface area contributed by atoms with Gasteiger partial charge in [0, 0.05) is 40.3 Å². The summed E-state index contributed by atoms with van der Waals surface area (Å²) in [6.45, 7) is 0.993. The normalized spacial score (nSPS) is 13.3. The first-order chi connectivity index (χ1) is 13.1. The fraction of sp³-hybridized carbons (Fsp3) is 0.238. The number of nitrogens with zero attached hydrogens (tertiary/aromatic N) is 2. The minimum atomic E-state index is -0.475. The van der Waals surface area contributed by atoms with Crippen molar-refractivity contribution in [2.24, 2.45) is 0 Å². The maximum Gasteiger partial charge on any atom is 0.228 e. The van der Waals surface area contributed by atoms with Crippen LogP contribution in [0.25, 0.3) is 11.4 Å². The molecular formula is C21H19ClFN3O. The van der Waals surface area contributed by atoms with E-state index in [9.17, 15) is 9.18 Å². The Labute approximate surface area is 162 Å². The van der Waals surface area contributed by atoms with Gasteiger partial charge in [0.25, 0.3) is 0 Å². The van der Waals surface area contributed by atoms with Gasteiger partial charge in [-0.25, -0.2) is 9.37 Å². The summed E-state index contributed by atoms with van der Waals surface area (Å²) in [5.41, 5.74) is 3.15. The number of benzene rings is 2. The molecule has 0 saturated heterocycles. The lowest BCUT2D eigenvalue weighted by Crippen LogP contribution is -2.15. The Kier molecular flexibility index (Phi) is 4.94. The molecule has 1 aromatic heterocycles. The van der Waals surface area contributed by atoms with Crippen LogP contribution in [0.2, 0.25) is 5.02 Å². The van der Waals surface area contributed by atoms with E-state index in [0.29, 0.717) is 5.69 Å². The van der Waals surface area contributed by atoms with Gasteiger partial charge in [0.2, 0.25) is 5.91 Å². The molecular weight excluding hydrogens is 365 g/mol. The monoisotopic (exact) mass is 383 g/mol. The second-order valence-electron chi connectivity index (χ2n) is 6.68. The van der Waals surface area contributed by atoms with Crippen LogP contribution in [0.4, 0.5) is 10.1 Å². The number of halogens is 2. The van der Waals surface area contributed by atoms with Crippen LogP contribution in [0.5, 0.6) is 0 Å². The zero-order valence-electron chi connectivity index (χ0n) is 14.7. The van der Waals surface area contributed by atoms with Crippen LogP contribution in [0.3, 0.4) is 0 Å². The van der Waals surface area contributed by atoms with Gasteiger partial charge in [-0.3, -0.25) is 4.79 Å². The van der Waals surface area contributed by atoms with E-state index in [1.807, 2.05) is 30.5 Å². The number of hydrogen-bond donors (Lipinski definition) is 1. The Morgan fingerprint density at radius 3 is 2.78 bits per heavy atom. The van der Waals surface area contributed by atoms with Gasteiger partial charge in [-0.1, -0.05) is 17.7 Å². The van der Waals surface area contributed by atoms with Crippen molar-refractivity contribution in [3.63, 3.8) is 0 Å². The fourth-order valence-corrected chi connectivity index (χ4v) is 3.67. The summed E-state index contributed by atoms with van der Waals surface area (Å²) >= 11 is 5.98. The maximum atomic E-state index is 13.8. The van der Waals surface area contributed by atoms with Gasteiger partial charge < -0.3 is 9.88 Å². The molecule has 0 atom stereocenters. The highest BCUT2D eigenvalue weighted by Gasteiger charge is 2.16. The molecule has 4 nitrogen and oxygen atoms in total. The topological polar surface area (TPSA) is 46.9 Å². The first-order valence-electron chi connectivity index (χ1n) is 8.99. The average molecular weight is 384 g/mol. The summed E-state index contributed by atoms with van der Waals surface area (Å²) in [7, 11) is 0. The van der Waals surface area contributed by atoms with Crippen LogP contribution in [0.1, 0.15) is 24.1 Å². The molecule has 0 spiro atoms. The van der Waals surface area contributed by atoms with Crippen LogP contribution >= 0.6 is 11.6 Å². The molecule has 1 amide bonds. The zero-order chi connectivity index (χ0) is 18.8. The molecule has 27 heavy (non-hydrogen) atoms. The zero-order valence-corrected chi connectivity index (χ0v) is 15.5. The lowest BCUT2D eigenvalue weighted by Gasteiger charge is -2.16. The van der Waals surface area contributed by atoms with Crippen molar-refractivity contribution in [1.29, 1.82) is 0 Å². The number of carbonyl (C=O) groups excluding carboxylic acids is 1. The lowest BCUT2D eigenvalue weighted by atomic mass is 10.1. The molecule has 1 N–H and O–H groups in total. The third kappa shape index (κ3) is 3.74. The van der Waals surface area contributed by atoms with E-state index < -0.39 is 5.82 Å². The summed E-state index contributed by atoms with van der Waals surface area (Å²) in [6.07, 6.45) is 5.29. The molecule has 138 valence electrons. The molecule has 0 fully saturated rings. The van der Waals surface area contributed by atoms with Gasteiger partial charge in [0.15, 0.2) is 0 Å². The van der Waals surface area contributed by atoms with Gasteiger partial charge in [0.1, 0.15) is 11.6 Å². The van der Waals surface area contributed by atoms with E-state index in [2.05, 4.69) is 14.9 Å². The van der Waals surface area contributed by atoms with E-state index >= 15 is 0 Å². The molecule has 0 saturated carbocycles. The van der Waals surface area contributed by atoms with Crippen LogP contribution in [-0.2, 0) is 24.2 Å². The highest BCUT2D eigenvalue weighted by molar-refractivity contribution is 6.31. The molecule has 3 aromatic rings. The molecule has 4 rings (SSSR count). The first-order valence-corrected chi connectivity index (χ1v) is 9.37. The van der Waals surface area contributed by atoms with Crippen molar-refractivity contribution in [2.45, 2.75) is 32.2 Å². The quantitative estimate of drug-likeness (QED) is 0.699. The minimum absolute atomic E-state index is 0.110. The van der Waals surface area contributed by atoms with Gasteiger partial charge >= 0.3 is 0 Å². The number of nitrogens with one attached hydrogen (secondary N) is 1. The summed E-state index contributed by atoms with van der Waals surface area (Å²) in [5, 5.41) is 3.04. The third-order valence-electron chi connectivity index (χ3n) is 4.83. The second kappa shape index (κ2) is 7.53. The number of hydrogen-bond acceptors (Lipinski definition) is 2. The number of fused-ring (bicyclic) bond motifs is 1. The molecule has 2 heterocycles. The van der Waals surface area contributed by atoms with Crippen LogP contribution in [-0.4, -0.2) is 15.5 Å². The Bertz CT molecular complexity index is 961. The smallest absolute Gasteiger partial charge is 0.228 e. The molecule has 0 bridgehead atoms. The molecule has 1 aliphatic heterocycles. The largest absolute Gasteiger partial charge is 0.328 e. The van der Waals surface area contributed by atoms with Gasteiger partial charge in [-0.05, 0) is 55.7 Å². The number of aryl methyl sites for hydroxylation is 1. The summed E-state index contributed by atoms with van der Waals surface area (Å²) in [4.78, 5) is 16.8. The van der Waals surface area contributed by atoms with Crippen LogP contribution in [0.15, 0.2) is 48.7 Å². The molecule has 6 heteroatoms. The Balaban J connectivity index is 1.47. The van der Waals surface area contributed by atoms with Crippen molar-refractivity contribution in [2.75, 3.05) is 5.32 Å². The number of rotatable bonds is 4. The molecule has 0 aliphatic carbocycles. The van der Waals surface area contributed by atoms with E-state index in [1.165, 1.54) is 30.7 Å². The number of amides is 1. The average Bonchev–Trinajstić information content (AvgIpc) is 3.10. The van der Waals surface area contributed by atoms with Crippen molar-refractivity contribution in [3.05, 3.63) is 70.8 Å². The summed E-state index contributed by atoms with van der Waals surface area (Å²) < 4.78 is 16.1. The van der Waals surface area contributed by atoms with Crippen LogP contribution < -0.4 is 5.32 Å². The fourth-order valence-electron chi connectivity index (χ4n) is 3.44. The van der Waals surface area contributed by atoms with Crippen LogP contribution in [0, 0.1) is 5.82 Å². The lowest BCUT2D eigenvalue weighted by molar-refractivity contribution is -0.115. The van der Waals surface area contributed by atoms with E-state index in [1.54, 1.807) is 6.07 Å². The SMILES string of the molecule is O=C(Cc1c(F)cccc1Cl)Nc1ccc(-c2ncc3n2CCCC3)cc1. The Morgan fingerprint density at radius 1 is 1.19 bits per heavy atom. The standard InChI is InChI=1S/C21H19ClFN3O/c22-18-5-3-6-19(23)17(18)12-20(27)25-15-9-7-14(8-10-15)21-24-13-16-4-1-2-11-26(16)21/h3,5-10,13H,1-2,4,11-12H2,(H,25,27). The van der Waals surface area contributed by atoms with Gasteiger partial charge in [0.05, 0.1) is 6.42 Å². The van der Waals surface area contributed by atoms with E-state index in [4.69, 9.17) is 11.6 Å². The highest BCUT2D eigenvalue weighted by atomic mass is 35.5. The van der Waals surface area contributed by atoms with Crippen molar-refractivity contribution >= 4 is 23.2 Å². The van der Waals surface area contributed by atoms with Crippen molar-refractivity contribution in [1.82, 2.24) is 9.55 Å². The predicted molar refractivity (Wildman–Crippen MR) is 104 cm³/mol. The first kappa shape index (κ1) is 17.7. The maximum absolute atomic E-state index is 13.8. The van der Waals surface area contributed by atoms with Crippen molar-refractivity contribution in [3.8, 4) is 11.4 Å². The number of anilines is 1. The third-order valence-corrected chi connectivity index (χ3v) is 5.18. The molecule has 0 radical (unpaired) electrons. The van der Waals surface area contributed by atoms with Crippen molar-refractivity contribution < 1.29 is 9.18 Å². The van der Waals surface area contributed by atoms with Gasteiger partial charge in [-0.2, -0.15) is 0 Å². The minimum Gasteiger partial charge on any atom is -0.328 e. The Hall–Kier alpha value is -2.66. The number of imidazole rings is 1. The number of aromatic nitrogens is 2. The summed E-state index contributed by atoms with van der Waals surface area (Å²) in [5.74, 6) is 0.172. The Morgan fingerprint density at radius 2 is 2.00 bits per heavy atom. The van der Waals surface area contributed by atoms with E-state index in [-0.39, 0.29) is 22.9 Å². The van der Waals surface area contributed by atoms with Gasteiger partial charge in [-0.15, -0.1) is 0 Å². The molecule has 2 aromatic carbocycles. The number of carbonyl (C=O) groups is 1. The van der Waals surface area contributed by atoms with E-state index in [0.717, 1.165) is 24.4 Å². The summed E-state index contributed by atoms with van der Waals surface area (Å²) in [6, 6.07) is 11.9. The highest BCUT2D eigenvalue weighted by Crippen LogP contribution is 2.26. The molecule has 0 unspecified atom stereocenters.